The first-order chi connectivity index (χ1) is 11.8. The molecule has 0 aliphatic heterocycles. The quantitative estimate of drug-likeness (QED) is 0.343. The molecule has 1 aromatic carbocycles. The van der Waals surface area contributed by atoms with E-state index < -0.39 is 0 Å². The molecule has 0 fully saturated rings. The van der Waals surface area contributed by atoms with Crippen LogP contribution in [0.25, 0.3) is 0 Å². The number of rotatable bonds is 14. The van der Waals surface area contributed by atoms with E-state index in [0.29, 0.717) is 5.75 Å². The van der Waals surface area contributed by atoms with Gasteiger partial charge in [0.1, 0.15) is 0 Å². The van der Waals surface area contributed by atoms with Crippen molar-refractivity contribution in [2.24, 2.45) is 0 Å². The van der Waals surface area contributed by atoms with Crippen LogP contribution in [0.2, 0.25) is 0 Å². The lowest BCUT2D eigenvalue weighted by atomic mass is 10.0. The van der Waals surface area contributed by atoms with Crippen molar-refractivity contribution in [1.82, 2.24) is 0 Å². The second-order valence-electron chi connectivity index (χ2n) is 6.19. The minimum atomic E-state index is 0.668. The van der Waals surface area contributed by atoms with Crippen molar-refractivity contribution >= 4 is 12.6 Å². The van der Waals surface area contributed by atoms with Gasteiger partial charge < -0.3 is 14.2 Å². The minimum Gasteiger partial charge on any atom is -0.493 e. The highest BCUT2D eigenvalue weighted by Crippen LogP contribution is 2.38. The summed E-state index contributed by atoms with van der Waals surface area (Å²) in [5, 5.41) is 0. The fourth-order valence-corrected chi connectivity index (χ4v) is 3.18. The van der Waals surface area contributed by atoms with Crippen LogP contribution < -0.4 is 14.2 Å². The summed E-state index contributed by atoms with van der Waals surface area (Å²) in [5.74, 6) is 3.18. The van der Waals surface area contributed by atoms with Gasteiger partial charge in [-0.2, -0.15) is 12.6 Å². The van der Waals surface area contributed by atoms with Gasteiger partial charge in [0.05, 0.1) is 21.3 Å². The molecule has 0 spiro atoms. The predicted molar refractivity (Wildman–Crippen MR) is 105 cm³/mol. The van der Waals surface area contributed by atoms with Gasteiger partial charge in [-0.05, 0) is 42.7 Å². The molecule has 1 aromatic rings. The summed E-state index contributed by atoms with van der Waals surface area (Å²) in [6, 6.07) is 4.12. The molecule has 0 heterocycles. The molecule has 0 unspecified atom stereocenters. The van der Waals surface area contributed by atoms with Crippen molar-refractivity contribution in [3.8, 4) is 17.2 Å². The molecule has 0 saturated heterocycles. The lowest BCUT2D eigenvalue weighted by molar-refractivity contribution is 0.323. The molecular formula is C20H34O3S. The Labute approximate surface area is 153 Å². The summed E-state index contributed by atoms with van der Waals surface area (Å²) in [6.45, 7) is 0. The lowest BCUT2D eigenvalue weighted by Crippen LogP contribution is -1.97. The molecule has 0 aromatic heterocycles. The summed E-state index contributed by atoms with van der Waals surface area (Å²) >= 11 is 4.25. The maximum atomic E-state index is 5.41. The summed E-state index contributed by atoms with van der Waals surface area (Å²) in [5.41, 5.74) is 1.25. The zero-order valence-corrected chi connectivity index (χ0v) is 16.5. The van der Waals surface area contributed by atoms with E-state index in [1.54, 1.807) is 21.3 Å². The Hall–Kier alpha value is -1.03. The van der Waals surface area contributed by atoms with Crippen LogP contribution in [-0.4, -0.2) is 27.1 Å². The highest BCUT2D eigenvalue weighted by Gasteiger charge is 2.12. The fourth-order valence-electron chi connectivity index (χ4n) is 2.96. The second-order valence-corrected chi connectivity index (χ2v) is 6.64. The van der Waals surface area contributed by atoms with E-state index in [0.717, 1.165) is 23.7 Å². The Balaban J connectivity index is 2.25. The lowest BCUT2D eigenvalue weighted by Gasteiger charge is -2.14. The van der Waals surface area contributed by atoms with Gasteiger partial charge in [0.15, 0.2) is 11.5 Å². The number of thiol groups is 1. The van der Waals surface area contributed by atoms with Gasteiger partial charge >= 0.3 is 0 Å². The zero-order chi connectivity index (χ0) is 17.6. The molecule has 3 nitrogen and oxygen atoms in total. The first-order valence-corrected chi connectivity index (χ1v) is 9.79. The molecule has 0 N–H and O–H groups in total. The first-order valence-electron chi connectivity index (χ1n) is 9.16. The van der Waals surface area contributed by atoms with E-state index >= 15 is 0 Å². The highest BCUT2D eigenvalue weighted by atomic mass is 32.1. The molecule has 0 aliphatic rings. The number of hydrogen-bond acceptors (Lipinski definition) is 4. The molecule has 0 aliphatic carbocycles. The van der Waals surface area contributed by atoms with Crippen LogP contribution in [0.5, 0.6) is 17.2 Å². The number of hydrogen-bond donors (Lipinski definition) is 1. The third-order valence-corrected chi connectivity index (χ3v) is 4.66. The Bertz CT molecular complexity index is 424. The van der Waals surface area contributed by atoms with Crippen molar-refractivity contribution in [2.75, 3.05) is 27.1 Å². The van der Waals surface area contributed by atoms with Crippen LogP contribution in [0.3, 0.4) is 0 Å². The molecule has 138 valence electrons. The third-order valence-electron chi connectivity index (χ3n) is 4.35. The second kappa shape index (κ2) is 13.3. The van der Waals surface area contributed by atoms with Crippen molar-refractivity contribution in [2.45, 2.75) is 64.2 Å². The SMILES string of the molecule is COc1cc(CCCCCCCCCCCS)cc(OC)c1OC. The zero-order valence-electron chi connectivity index (χ0n) is 15.6. The topological polar surface area (TPSA) is 27.7 Å². The molecule has 0 bridgehead atoms. The number of ether oxygens (including phenoxy) is 3. The van der Waals surface area contributed by atoms with Crippen LogP contribution in [0.1, 0.15) is 63.4 Å². The van der Waals surface area contributed by atoms with E-state index in [9.17, 15) is 0 Å². The molecule has 1 rings (SSSR count). The first kappa shape index (κ1) is 21.0. The average Bonchev–Trinajstić information content (AvgIpc) is 2.62. The largest absolute Gasteiger partial charge is 0.493 e. The van der Waals surface area contributed by atoms with Gasteiger partial charge in [-0.15, -0.1) is 0 Å². The standard InChI is InChI=1S/C20H34O3S/c1-21-18-15-17(16-19(22-2)20(18)23-3)13-11-9-7-5-4-6-8-10-12-14-24/h15-16,24H,4-14H2,1-3H3. The fraction of sp³-hybridized carbons (Fsp3) is 0.700. The van der Waals surface area contributed by atoms with Crippen molar-refractivity contribution in [3.63, 3.8) is 0 Å². The predicted octanol–water partition coefficient (Wildman–Crippen LogP) is 5.70. The molecule has 24 heavy (non-hydrogen) atoms. The minimum absolute atomic E-state index is 0.668. The van der Waals surface area contributed by atoms with Gasteiger partial charge in [-0.1, -0.05) is 44.9 Å². The van der Waals surface area contributed by atoms with E-state index in [1.807, 2.05) is 0 Å². The Morgan fingerprint density at radius 3 is 1.54 bits per heavy atom. The van der Waals surface area contributed by atoms with Crippen molar-refractivity contribution in [3.05, 3.63) is 17.7 Å². The maximum Gasteiger partial charge on any atom is 0.203 e. The summed E-state index contributed by atoms with van der Waals surface area (Å²) in [6.07, 6.45) is 12.9. The van der Waals surface area contributed by atoms with Gasteiger partial charge in [-0.3, -0.25) is 0 Å². The van der Waals surface area contributed by atoms with Crippen molar-refractivity contribution < 1.29 is 14.2 Å². The number of unbranched alkanes of at least 4 members (excludes halogenated alkanes) is 8. The van der Waals surface area contributed by atoms with Gasteiger partial charge in [0.25, 0.3) is 0 Å². The van der Waals surface area contributed by atoms with Crippen LogP contribution in [0, 0.1) is 0 Å². The highest BCUT2D eigenvalue weighted by molar-refractivity contribution is 7.80. The molecule has 0 saturated carbocycles. The van der Waals surface area contributed by atoms with Gasteiger partial charge in [0, 0.05) is 0 Å². The number of methoxy groups -OCH3 is 3. The van der Waals surface area contributed by atoms with Crippen LogP contribution in [-0.2, 0) is 6.42 Å². The van der Waals surface area contributed by atoms with Crippen molar-refractivity contribution in [1.29, 1.82) is 0 Å². The Kier molecular flexibility index (Phi) is 11.6. The third kappa shape index (κ3) is 7.69. The molecule has 0 radical (unpaired) electrons. The summed E-state index contributed by atoms with van der Waals surface area (Å²) in [7, 11) is 4.97. The van der Waals surface area contributed by atoms with E-state index in [1.165, 1.54) is 63.4 Å². The maximum absolute atomic E-state index is 5.41. The molecule has 4 heteroatoms. The molecular weight excluding hydrogens is 320 g/mol. The summed E-state index contributed by atoms with van der Waals surface area (Å²) in [4.78, 5) is 0. The van der Waals surface area contributed by atoms with Gasteiger partial charge in [0.2, 0.25) is 5.75 Å². The van der Waals surface area contributed by atoms with Crippen LogP contribution in [0.15, 0.2) is 12.1 Å². The molecule has 0 atom stereocenters. The number of aryl methyl sites for hydroxylation is 1. The Morgan fingerprint density at radius 2 is 1.12 bits per heavy atom. The molecule has 0 amide bonds. The summed E-state index contributed by atoms with van der Waals surface area (Å²) < 4.78 is 16.2. The average molecular weight is 355 g/mol. The van der Waals surface area contributed by atoms with Gasteiger partial charge in [-0.25, -0.2) is 0 Å². The van der Waals surface area contributed by atoms with E-state index in [2.05, 4.69) is 24.8 Å². The van der Waals surface area contributed by atoms with Crippen LogP contribution >= 0.6 is 12.6 Å². The Morgan fingerprint density at radius 1 is 0.667 bits per heavy atom. The normalized spacial score (nSPS) is 10.7. The smallest absolute Gasteiger partial charge is 0.203 e. The van der Waals surface area contributed by atoms with E-state index in [4.69, 9.17) is 14.2 Å². The monoisotopic (exact) mass is 354 g/mol. The van der Waals surface area contributed by atoms with E-state index in [-0.39, 0.29) is 0 Å². The number of benzene rings is 1. The van der Waals surface area contributed by atoms with Crippen LogP contribution in [0.4, 0.5) is 0 Å².